The second-order valence-corrected chi connectivity index (χ2v) is 6.93. The molecule has 0 spiro atoms. The van der Waals surface area contributed by atoms with Gasteiger partial charge in [-0.05, 0) is 50.6 Å². The van der Waals surface area contributed by atoms with E-state index >= 15 is 0 Å². The van der Waals surface area contributed by atoms with Crippen LogP contribution in [0, 0.1) is 5.92 Å². The third-order valence-corrected chi connectivity index (χ3v) is 4.97. The zero-order valence-electron chi connectivity index (χ0n) is 13.9. The van der Waals surface area contributed by atoms with Gasteiger partial charge in [0.25, 0.3) is 0 Å². The van der Waals surface area contributed by atoms with E-state index in [1.165, 1.54) is 25.7 Å². The number of benzene rings is 1. The molecule has 1 aromatic carbocycles. The quantitative estimate of drug-likeness (QED) is 0.848. The second kappa shape index (κ2) is 7.25. The summed E-state index contributed by atoms with van der Waals surface area (Å²) in [6, 6.07) is 7.17. The Kier molecular flexibility index (Phi) is 5.59. The maximum absolute atomic E-state index is 11.0. The molecule has 0 amide bonds. The molecule has 122 valence electrons. The lowest BCUT2D eigenvalue weighted by Gasteiger charge is -2.45. The molecule has 2 unspecified atom stereocenters. The Bertz CT molecular complexity index is 516. The molecule has 4 nitrogen and oxygen atoms in total. The molecule has 1 aromatic rings. The van der Waals surface area contributed by atoms with Gasteiger partial charge in [0.15, 0.2) is 0 Å². The van der Waals surface area contributed by atoms with Gasteiger partial charge in [-0.3, -0.25) is 0 Å². The monoisotopic (exact) mass is 304 g/mol. The lowest BCUT2D eigenvalue weighted by atomic mass is 9.75. The molecular formula is C18H28N2O2. The van der Waals surface area contributed by atoms with E-state index in [0.29, 0.717) is 12.1 Å². The van der Waals surface area contributed by atoms with E-state index in [2.05, 4.69) is 31.2 Å². The standard InChI is InChI=1S/C18H28N2O2/c1-14-6-5-9-18(11-14,20(2)3)13-19-12-15-7-4-8-16(10-15)17(21)22/h4,7-8,10,14,19H,5-6,9,11-13H2,1-3H3,(H,21,22). The van der Waals surface area contributed by atoms with E-state index in [1.807, 2.05) is 12.1 Å². The van der Waals surface area contributed by atoms with E-state index in [0.717, 1.165) is 18.0 Å². The van der Waals surface area contributed by atoms with Crippen LogP contribution in [0.5, 0.6) is 0 Å². The molecule has 0 saturated heterocycles. The molecule has 1 aliphatic carbocycles. The molecule has 2 N–H and O–H groups in total. The minimum absolute atomic E-state index is 0.224. The SMILES string of the molecule is CC1CCCC(CNCc2cccc(C(=O)O)c2)(N(C)C)C1. The Labute approximate surface area is 133 Å². The van der Waals surface area contributed by atoms with Crippen LogP contribution in [-0.2, 0) is 6.54 Å². The maximum Gasteiger partial charge on any atom is 0.335 e. The number of hydrogen-bond acceptors (Lipinski definition) is 3. The molecule has 22 heavy (non-hydrogen) atoms. The van der Waals surface area contributed by atoms with Crippen molar-refractivity contribution in [1.29, 1.82) is 0 Å². The smallest absolute Gasteiger partial charge is 0.335 e. The number of carbonyl (C=O) groups is 1. The van der Waals surface area contributed by atoms with Crippen LogP contribution in [0.3, 0.4) is 0 Å². The molecular weight excluding hydrogens is 276 g/mol. The average Bonchev–Trinajstić information content (AvgIpc) is 2.47. The van der Waals surface area contributed by atoms with Gasteiger partial charge >= 0.3 is 5.97 Å². The van der Waals surface area contributed by atoms with Gasteiger partial charge in [-0.1, -0.05) is 31.9 Å². The largest absolute Gasteiger partial charge is 0.478 e. The Morgan fingerprint density at radius 3 is 2.86 bits per heavy atom. The van der Waals surface area contributed by atoms with E-state index in [9.17, 15) is 4.79 Å². The van der Waals surface area contributed by atoms with Gasteiger partial charge in [-0.25, -0.2) is 4.79 Å². The van der Waals surface area contributed by atoms with Crippen molar-refractivity contribution in [1.82, 2.24) is 10.2 Å². The van der Waals surface area contributed by atoms with Crippen molar-refractivity contribution in [3.05, 3.63) is 35.4 Å². The zero-order valence-corrected chi connectivity index (χ0v) is 13.9. The average molecular weight is 304 g/mol. The van der Waals surface area contributed by atoms with Crippen molar-refractivity contribution in [3.63, 3.8) is 0 Å². The van der Waals surface area contributed by atoms with Crippen molar-refractivity contribution < 1.29 is 9.90 Å². The van der Waals surface area contributed by atoms with Crippen LogP contribution in [0.1, 0.15) is 48.5 Å². The Hall–Kier alpha value is -1.39. The van der Waals surface area contributed by atoms with E-state index in [-0.39, 0.29) is 5.54 Å². The van der Waals surface area contributed by atoms with Crippen molar-refractivity contribution in [2.75, 3.05) is 20.6 Å². The minimum Gasteiger partial charge on any atom is -0.478 e. The van der Waals surface area contributed by atoms with Crippen LogP contribution in [0.25, 0.3) is 0 Å². The summed E-state index contributed by atoms with van der Waals surface area (Å²) in [4.78, 5) is 13.4. The van der Waals surface area contributed by atoms with Crippen molar-refractivity contribution in [2.24, 2.45) is 5.92 Å². The number of nitrogens with one attached hydrogen (secondary N) is 1. The zero-order chi connectivity index (χ0) is 16.2. The van der Waals surface area contributed by atoms with E-state index < -0.39 is 5.97 Å². The molecule has 2 rings (SSSR count). The lowest BCUT2D eigenvalue weighted by molar-refractivity contribution is 0.0696. The molecule has 0 heterocycles. The third kappa shape index (κ3) is 4.08. The van der Waals surface area contributed by atoms with Crippen LogP contribution in [-0.4, -0.2) is 42.2 Å². The van der Waals surface area contributed by atoms with Gasteiger partial charge < -0.3 is 15.3 Å². The lowest BCUT2D eigenvalue weighted by Crippen LogP contribution is -2.54. The summed E-state index contributed by atoms with van der Waals surface area (Å²) >= 11 is 0. The van der Waals surface area contributed by atoms with E-state index in [4.69, 9.17) is 5.11 Å². The first kappa shape index (κ1) is 17.0. The predicted molar refractivity (Wildman–Crippen MR) is 89.2 cm³/mol. The summed E-state index contributed by atoms with van der Waals surface area (Å²) in [5.74, 6) is -0.0963. The number of carboxylic acids is 1. The van der Waals surface area contributed by atoms with Crippen LogP contribution in [0.15, 0.2) is 24.3 Å². The number of nitrogens with zero attached hydrogens (tertiary/aromatic N) is 1. The highest BCUT2D eigenvalue weighted by Crippen LogP contribution is 2.35. The number of rotatable bonds is 6. The third-order valence-electron chi connectivity index (χ3n) is 4.97. The van der Waals surface area contributed by atoms with Crippen LogP contribution < -0.4 is 5.32 Å². The summed E-state index contributed by atoms with van der Waals surface area (Å²) in [7, 11) is 4.34. The van der Waals surface area contributed by atoms with Crippen LogP contribution >= 0.6 is 0 Å². The summed E-state index contributed by atoms with van der Waals surface area (Å²) < 4.78 is 0. The minimum atomic E-state index is -0.868. The molecule has 4 heteroatoms. The Morgan fingerprint density at radius 1 is 1.45 bits per heavy atom. The number of aromatic carboxylic acids is 1. The van der Waals surface area contributed by atoms with Gasteiger partial charge in [0, 0.05) is 18.6 Å². The molecule has 0 bridgehead atoms. The molecule has 0 aliphatic heterocycles. The highest BCUT2D eigenvalue weighted by atomic mass is 16.4. The molecule has 0 aromatic heterocycles. The number of carboxylic acid groups (broad SMARTS) is 1. The highest BCUT2D eigenvalue weighted by Gasteiger charge is 2.36. The van der Waals surface area contributed by atoms with Gasteiger partial charge in [0.2, 0.25) is 0 Å². The van der Waals surface area contributed by atoms with E-state index in [1.54, 1.807) is 12.1 Å². The van der Waals surface area contributed by atoms with Gasteiger partial charge in [0.1, 0.15) is 0 Å². The second-order valence-electron chi connectivity index (χ2n) is 6.93. The molecule has 2 atom stereocenters. The normalized spacial score (nSPS) is 25.4. The summed E-state index contributed by atoms with van der Waals surface area (Å²) in [6.45, 7) is 4.00. The summed E-state index contributed by atoms with van der Waals surface area (Å²) in [6.07, 6.45) is 5.07. The fourth-order valence-electron chi connectivity index (χ4n) is 3.61. The fraction of sp³-hybridized carbons (Fsp3) is 0.611. The predicted octanol–water partition coefficient (Wildman–Crippen LogP) is 2.98. The van der Waals surface area contributed by atoms with Crippen LogP contribution in [0.2, 0.25) is 0 Å². The first-order valence-corrected chi connectivity index (χ1v) is 8.13. The number of hydrogen-bond donors (Lipinski definition) is 2. The van der Waals surface area contributed by atoms with Crippen LogP contribution in [0.4, 0.5) is 0 Å². The van der Waals surface area contributed by atoms with Gasteiger partial charge in [0.05, 0.1) is 5.56 Å². The Morgan fingerprint density at radius 2 is 2.23 bits per heavy atom. The molecule has 1 saturated carbocycles. The Balaban J connectivity index is 1.96. The highest BCUT2D eigenvalue weighted by molar-refractivity contribution is 5.87. The molecule has 0 radical (unpaired) electrons. The summed E-state index contributed by atoms with van der Waals surface area (Å²) in [5, 5.41) is 12.6. The van der Waals surface area contributed by atoms with Gasteiger partial charge in [-0.2, -0.15) is 0 Å². The number of likely N-dealkylation sites (N-methyl/N-ethyl adjacent to an activating group) is 1. The molecule has 1 fully saturated rings. The molecule has 1 aliphatic rings. The maximum atomic E-state index is 11.0. The first-order valence-electron chi connectivity index (χ1n) is 8.13. The van der Waals surface area contributed by atoms with Crippen molar-refractivity contribution in [2.45, 2.75) is 44.7 Å². The van der Waals surface area contributed by atoms with Gasteiger partial charge in [-0.15, -0.1) is 0 Å². The fourth-order valence-corrected chi connectivity index (χ4v) is 3.61. The topological polar surface area (TPSA) is 52.6 Å². The van der Waals surface area contributed by atoms with Crippen molar-refractivity contribution in [3.8, 4) is 0 Å². The van der Waals surface area contributed by atoms with Crippen molar-refractivity contribution >= 4 is 5.97 Å². The first-order chi connectivity index (χ1) is 10.4. The summed E-state index contributed by atoms with van der Waals surface area (Å²) in [5.41, 5.74) is 1.60.